The zero-order chi connectivity index (χ0) is 33.8. The minimum absolute atomic E-state index is 0.774. The van der Waals surface area contributed by atoms with Crippen molar-refractivity contribution in [3.63, 3.8) is 0 Å². The highest BCUT2D eigenvalue weighted by molar-refractivity contribution is 7.11. The smallest absolute Gasteiger partial charge is 0.209 e. The maximum atomic E-state index is 10.1. The molecular formula is C37H58N4O2S+2. The van der Waals surface area contributed by atoms with Crippen LogP contribution in [0.1, 0.15) is 85.7 Å². The van der Waals surface area contributed by atoms with Crippen molar-refractivity contribution >= 4 is 17.7 Å². The summed E-state index contributed by atoms with van der Waals surface area (Å²) in [7, 11) is 3.77. The molecule has 0 spiro atoms. The van der Waals surface area contributed by atoms with Gasteiger partial charge in [0.1, 0.15) is 18.0 Å². The minimum atomic E-state index is 0.774. The molecule has 2 aromatic rings. The fourth-order valence-electron chi connectivity index (χ4n) is 4.78. The summed E-state index contributed by atoms with van der Waals surface area (Å²) in [5.74, 6) is 1.68. The Kier molecular flexibility index (Phi) is 36.1. The van der Waals surface area contributed by atoms with Crippen LogP contribution in [0.25, 0.3) is 0 Å². The zero-order valence-electron chi connectivity index (χ0n) is 27.5. The molecule has 1 aliphatic carbocycles. The molecule has 2 aliphatic heterocycles. The zero-order valence-corrected chi connectivity index (χ0v) is 28.4. The highest BCUT2D eigenvalue weighted by atomic mass is 32.1. The third-order valence-corrected chi connectivity index (χ3v) is 7.97. The van der Waals surface area contributed by atoms with E-state index in [1.165, 1.54) is 88.0 Å². The molecule has 1 saturated carbocycles. The lowest BCUT2D eigenvalue weighted by Gasteiger charge is -2.21. The van der Waals surface area contributed by atoms with Gasteiger partial charge in [-0.05, 0) is 38.3 Å². The molecule has 7 heteroatoms. The van der Waals surface area contributed by atoms with Crippen molar-refractivity contribution in [2.75, 3.05) is 40.3 Å². The van der Waals surface area contributed by atoms with Gasteiger partial charge in [0.2, 0.25) is 6.41 Å². The van der Waals surface area contributed by atoms with E-state index in [1.54, 1.807) is 12.0 Å². The van der Waals surface area contributed by atoms with Gasteiger partial charge in [0.05, 0.1) is 32.3 Å². The van der Waals surface area contributed by atoms with Crippen molar-refractivity contribution in [1.29, 1.82) is 0 Å². The Hall–Kier alpha value is -3.72. The average molecular weight is 623 g/mol. The van der Waals surface area contributed by atoms with E-state index in [1.807, 2.05) is 46.6 Å². The number of aromatic nitrogens is 1. The lowest BCUT2D eigenvalue weighted by molar-refractivity contribution is -0.644. The number of likely N-dealkylation sites (tertiary alicyclic amines) is 1. The predicted octanol–water partition coefficient (Wildman–Crippen LogP) is 4.86. The second-order valence-corrected chi connectivity index (χ2v) is 11.0. The molecule has 1 aromatic carbocycles. The first kappa shape index (κ1) is 44.7. The Labute approximate surface area is 274 Å². The van der Waals surface area contributed by atoms with Crippen molar-refractivity contribution in [3.05, 3.63) is 45.9 Å². The lowest BCUT2D eigenvalue weighted by atomic mass is 10.0. The van der Waals surface area contributed by atoms with Crippen molar-refractivity contribution in [3.8, 4) is 57.1 Å². The summed E-state index contributed by atoms with van der Waals surface area (Å²) >= 11 is 1.90. The number of hydrogen-bond donors (Lipinski definition) is 2. The van der Waals surface area contributed by atoms with Gasteiger partial charge in [0.15, 0.2) is 0 Å². The summed E-state index contributed by atoms with van der Waals surface area (Å²) in [5.41, 5.74) is 1.33. The number of nitrogens with two attached hydrogens (primary N) is 2. The van der Waals surface area contributed by atoms with Gasteiger partial charge in [-0.15, -0.1) is 62.7 Å². The molecule has 0 radical (unpaired) electrons. The molecule has 3 fully saturated rings. The SMILES string of the molecule is C#C.C#C.C#C.C#C.C1CCCCC1.COc1ccccc1.C[NH2+]Cc1nc(C)sc1[C@H]1CC[NH2+]C1.O=CN1CCCCC1. The Morgan fingerprint density at radius 1 is 0.909 bits per heavy atom. The quantitative estimate of drug-likeness (QED) is 0.370. The molecule has 44 heavy (non-hydrogen) atoms. The van der Waals surface area contributed by atoms with E-state index >= 15 is 0 Å². The number of para-hydroxylation sites is 1. The van der Waals surface area contributed by atoms with Crippen LogP contribution in [-0.2, 0) is 11.3 Å². The number of nitrogens with zero attached hydrogens (tertiary/aromatic N) is 2. The third kappa shape index (κ3) is 22.8. The van der Waals surface area contributed by atoms with Gasteiger partial charge in [-0.3, -0.25) is 4.79 Å². The Morgan fingerprint density at radius 3 is 1.77 bits per heavy atom. The number of hydrogen-bond acceptors (Lipinski definition) is 4. The van der Waals surface area contributed by atoms with Crippen LogP contribution in [0.15, 0.2) is 30.3 Å². The van der Waals surface area contributed by atoms with Gasteiger partial charge in [0.25, 0.3) is 0 Å². The standard InChI is InChI=1S/C10H17N3S.C7H8O.C6H11NO.C6H12.4C2H2/c1-7-13-9(6-11-2)10(14-7)8-3-4-12-5-8;1-8-7-5-3-2-4-6-7;8-6-7-4-2-1-3-5-7;1-2-4-6-5-3-1;4*1-2/h8,11-12H,3-6H2,1-2H3;2-6H,1H3;6H,1-5H2;1-6H2;4*1-2H/p+2/t8-;;;;;;;/m0......./s1. The van der Waals surface area contributed by atoms with E-state index in [0.29, 0.717) is 0 Å². The van der Waals surface area contributed by atoms with Crippen LogP contribution < -0.4 is 15.4 Å². The summed E-state index contributed by atoms with van der Waals surface area (Å²) in [4.78, 5) is 18.1. The number of benzene rings is 1. The van der Waals surface area contributed by atoms with E-state index in [-0.39, 0.29) is 0 Å². The molecule has 2 saturated heterocycles. The van der Waals surface area contributed by atoms with Crippen LogP contribution in [0.4, 0.5) is 0 Å². The number of carbonyl (C=O) groups is 1. The van der Waals surface area contributed by atoms with Crippen molar-refractivity contribution < 1.29 is 20.2 Å². The largest absolute Gasteiger partial charge is 0.497 e. The van der Waals surface area contributed by atoms with Crippen LogP contribution in [0.3, 0.4) is 0 Å². The van der Waals surface area contributed by atoms with E-state index in [2.05, 4.69) is 81.0 Å². The van der Waals surface area contributed by atoms with Crippen LogP contribution >= 0.6 is 11.3 Å². The van der Waals surface area contributed by atoms with Gasteiger partial charge >= 0.3 is 0 Å². The second-order valence-electron chi connectivity index (χ2n) is 9.80. The molecule has 1 aromatic heterocycles. The Morgan fingerprint density at radius 2 is 1.41 bits per heavy atom. The maximum Gasteiger partial charge on any atom is 0.209 e. The number of rotatable bonds is 5. The third-order valence-electron chi connectivity index (χ3n) is 6.79. The number of amides is 1. The van der Waals surface area contributed by atoms with Gasteiger partial charge in [0, 0.05) is 30.3 Å². The molecule has 0 unspecified atom stereocenters. The van der Waals surface area contributed by atoms with E-state index in [0.717, 1.165) is 37.7 Å². The number of piperidine rings is 1. The highest BCUT2D eigenvalue weighted by Gasteiger charge is 2.25. The number of quaternary nitrogens is 2. The molecule has 1 amide bonds. The van der Waals surface area contributed by atoms with Gasteiger partial charge < -0.3 is 20.3 Å². The number of terminal acetylenes is 4. The molecule has 3 aliphatic rings. The fourth-order valence-corrected chi connectivity index (χ4v) is 5.88. The molecule has 5 rings (SSSR count). The average Bonchev–Trinajstić information content (AvgIpc) is 3.80. The second kappa shape index (κ2) is 35.5. The molecular weight excluding hydrogens is 565 g/mol. The van der Waals surface area contributed by atoms with Gasteiger partial charge in [-0.1, -0.05) is 56.7 Å². The Balaban J connectivity index is -0.000000491. The predicted molar refractivity (Wildman–Crippen MR) is 189 cm³/mol. The first-order chi connectivity index (χ1) is 21.7. The van der Waals surface area contributed by atoms with Crippen LogP contribution in [0.2, 0.25) is 0 Å². The minimum Gasteiger partial charge on any atom is -0.497 e. The highest BCUT2D eigenvalue weighted by Crippen LogP contribution is 2.28. The first-order valence-corrected chi connectivity index (χ1v) is 16.2. The van der Waals surface area contributed by atoms with E-state index < -0.39 is 0 Å². The summed E-state index contributed by atoms with van der Waals surface area (Å²) in [6, 6.07) is 9.68. The number of thiazole rings is 1. The summed E-state index contributed by atoms with van der Waals surface area (Å²) in [6.45, 7) is 7.66. The van der Waals surface area contributed by atoms with Crippen molar-refractivity contribution in [2.45, 2.75) is 83.6 Å². The number of ether oxygens (including phenoxy) is 1. The number of methoxy groups -OCH3 is 1. The number of aryl methyl sites for hydroxylation is 1. The number of carbonyl (C=O) groups excluding carboxylic acids is 1. The molecule has 3 heterocycles. The lowest BCUT2D eigenvalue weighted by Crippen LogP contribution is -2.81. The summed E-state index contributed by atoms with van der Waals surface area (Å²) < 4.78 is 4.91. The fraction of sp³-hybridized carbons (Fsp3) is 0.514. The Bertz CT molecular complexity index is 930. The van der Waals surface area contributed by atoms with Crippen molar-refractivity contribution in [1.82, 2.24) is 9.88 Å². The summed E-state index contributed by atoms with van der Waals surface area (Å²) in [6.07, 6.45) is 47.0. The van der Waals surface area contributed by atoms with Crippen LogP contribution in [0.5, 0.6) is 5.75 Å². The maximum absolute atomic E-state index is 10.1. The molecule has 0 bridgehead atoms. The monoisotopic (exact) mass is 622 g/mol. The summed E-state index contributed by atoms with van der Waals surface area (Å²) in [5, 5.41) is 5.85. The van der Waals surface area contributed by atoms with Crippen LogP contribution in [-0.4, -0.2) is 56.6 Å². The van der Waals surface area contributed by atoms with Gasteiger partial charge in [-0.2, -0.15) is 0 Å². The van der Waals surface area contributed by atoms with E-state index in [9.17, 15) is 4.79 Å². The van der Waals surface area contributed by atoms with Crippen molar-refractivity contribution in [2.24, 2.45) is 0 Å². The molecule has 242 valence electrons. The topological polar surface area (TPSA) is 75.6 Å². The first-order valence-electron chi connectivity index (χ1n) is 15.3. The normalized spacial score (nSPS) is 15.7. The molecule has 6 nitrogen and oxygen atoms in total. The van der Waals surface area contributed by atoms with Gasteiger partial charge in [-0.25, -0.2) is 4.98 Å². The molecule has 4 N–H and O–H groups in total. The molecule has 1 atom stereocenters. The van der Waals surface area contributed by atoms with E-state index in [4.69, 9.17) is 4.74 Å². The van der Waals surface area contributed by atoms with Crippen LogP contribution in [0, 0.1) is 58.3 Å².